The molecule has 3 aliphatic heterocycles. The molecule has 66 heavy (non-hydrogen) atoms. The lowest BCUT2D eigenvalue weighted by molar-refractivity contribution is -0.134. The van der Waals surface area contributed by atoms with Gasteiger partial charge in [0.2, 0.25) is 23.7 Å². The summed E-state index contributed by atoms with van der Waals surface area (Å²) in [5.74, 6) is -2.15. The number of anilines is 3. The Morgan fingerprint density at radius 2 is 1.70 bits per heavy atom. The second-order valence-corrected chi connectivity index (χ2v) is 18.0. The van der Waals surface area contributed by atoms with Gasteiger partial charge in [-0.1, -0.05) is 13.0 Å². The summed E-state index contributed by atoms with van der Waals surface area (Å²) in [6.07, 6.45) is 6.24. The van der Waals surface area contributed by atoms with Gasteiger partial charge in [0.15, 0.2) is 11.6 Å². The molecule has 0 aliphatic carbocycles. The standard InChI is InChI=1S/C44H46F2N12O7S/c1-3-54(2)66(63,64)53-37-9-7-34(45)41(33(37)22-47)65-30-5-8-36-32(21-30)43(62)58(26-50-36)29-23-48-44(49-24-29)57-18-16-56(17-19-57)40(60)25-55-14-12-27(13-15-55)31-6-4-28(20-35(31)46)51-38-10-11-39(59)52-42(38)61/h4-9,20-21,23-24,26-27,38,51,53H,3,10-19,25H2,1-2H3,(H,52,59,61)/t38-/m0/s1. The van der Waals surface area contributed by atoms with Gasteiger partial charge in [-0.25, -0.2) is 23.7 Å². The first-order valence-electron chi connectivity index (χ1n) is 21.3. The number of piperidine rings is 2. The van der Waals surface area contributed by atoms with Crippen LogP contribution in [0.25, 0.3) is 16.6 Å². The Balaban J connectivity index is 0.845. The van der Waals surface area contributed by atoms with Gasteiger partial charge in [0, 0.05) is 51.9 Å². The van der Waals surface area contributed by atoms with E-state index in [1.165, 1.54) is 54.6 Å². The molecule has 0 bridgehead atoms. The number of carbonyl (C=O) groups is 3. The molecule has 3 N–H and O–H groups in total. The Kier molecular flexibility index (Phi) is 13.2. The fraction of sp³-hybridized carbons (Fsp3) is 0.364. The number of hydrogen-bond donors (Lipinski definition) is 3. The SMILES string of the molecule is CCN(C)S(=O)(=O)Nc1ccc(F)c(Oc2ccc3ncn(-c4cnc(N5CCN(C(=O)CN6CCC(c7ccc(N[C@H]8CCC(=O)NC8=O)cc7F)CC6)CC5)nc4)c(=O)c3c2)c1C#N. The molecule has 0 saturated carbocycles. The van der Waals surface area contributed by atoms with Crippen molar-refractivity contribution in [3.63, 3.8) is 0 Å². The predicted molar refractivity (Wildman–Crippen MR) is 238 cm³/mol. The first-order chi connectivity index (χ1) is 31.7. The first-order valence-corrected chi connectivity index (χ1v) is 22.8. The van der Waals surface area contributed by atoms with E-state index in [1.807, 2.05) is 9.80 Å². The van der Waals surface area contributed by atoms with Crippen molar-refractivity contribution in [2.45, 2.75) is 44.6 Å². The number of hydrogen-bond acceptors (Lipinski definition) is 14. The maximum absolute atomic E-state index is 15.2. The zero-order chi connectivity index (χ0) is 46.7. The summed E-state index contributed by atoms with van der Waals surface area (Å²) in [7, 11) is -2.70. The van der Waals surface area contributed by atoms with Gasteiger partial charge in [0.25, 0.3) is 5.56 Å². The van der Waals surface area contributed by atoms with Gasteiger partial charge < -0.3 is 19.9 Å². The van der Waals surface area contributed by atoms with Gasteiger partial charge in [-0.2, -0.15) is 18.0 Å². The minimum Gasteiger partial charge on any atom is -0.453 e. The lowest BCUT2D eigenvalue weighted by Crippen LogP contribution is -2.52. The zero-order valence-corrected chi connectivity index (χ0v) is 36.9. The summed E-state index contributed by atoms with van der Waals surface area (Å²) < 4.78 is 65.9. The third-order valence-corrected chi connectivity index (χ3v) is 13.6. The van der Waals surface area contributed by atoms with Gasteiger partial charge in [0.05, 0.1) is 41.2 Å². The van der Waals surface area contributed by atoms with Crippen molar-refractivity contribution in [2.75, 3.05) is 74.3 Å². The normalized spacial score (nSPS) is 17.4. The maximum atomic E-state index is 15.2. The maximum Gasteiger partial charge on any atom is 0.301 e. The quantitative estimate of drug-likeness (QED) is 0.144. The number of nitriles is 1. The number of nitrogens with zero attached hydrogens (tertiary/aromatic N) is 9. The smallest absolute Gasteiger partial charge is 0.301 e. The highest BCUT2D eigenvalue weighted by Gasteiger charge is 2.30. The van der Waals surface area contributed by atoms with Crippen molar-refractivity contribution >= 4 is 56.2 Å². The molecule has 344 valence electrons. The first kappa shape index (κ1) is 45.5. The van der Waals surface area contributed by atoms with Crippen LogP contribution in [0, 0.1) is 23.0 Å². The number of amides is 3. The van der Waals surface area contributed by atoms with Crippen molar-refractivity contribution in [1.82, 2.24) is 38.9 Å². The van der Waals surface area contributed by atoms with Gasteiger partial charge in [-0.05, 0) is 86.3 Å². The molecular formula is C44H46F2N12O7S. The third kappa shape index (κ3) is 9.77. The molecule has 0 radical (unpaired) electrons. The third-order valence-electron chi connectivity index (χ3n) is 12.1. The summed E-state index contributed by atoms with van der Waals surface area (Å²) in [5, 5.41) is 15.3. The highest BCUT2D eigenvalue weighted by molar-refractivity contribution is 7.90. The molecule has 2 aromatic heterocycles. The Morgan fingerprint density at radius 1 is 0.955 bits per heavy atom. The Hall–Kier alpha value is -7.09. The van der Waals surface area contributed by atoms with Crippen LogP contribution < -0.4 is 30.6 Å². The molecular weight excluding hydrogens is 879 g/mol. The molecule has 3 saturated heterocycles. The largest absolute Gasteiger partial charge is 0.453 e. The van der Waals surface area contributed by atoms with Crippen LogP contribution >= 0.6 is 0 Å². The van der Waals surface area contributed by atoms with Crippen molar-refractivity contribution in [3.8, 4) is 23.3 Å². The fourth-order valence-electron chi connectivity index (χ4n) is 8.14. The molecule has 8 rings (SSSR count). The van der Waals surface area contributed by atoms with E-state index in [4.69, 9.17) is 4.74 Å². The van der Waals surface area contributed by atoms with E-state index in [1.54, 1.807) is 25.1 Å². The van der Waals surface area contributed by atoms with Gasteiger partial charge in [-0.3, -0.25) is 38.7 Å². The van der Waals surface area contributed by atoms with Gasteiger partial charge in [0.1, 0.15) is 35.6 Å². The summed E-state index contributed by atoms with van der Waals surface area (Å²) in [6, 6.07) is 12.5. The fourth-order valence-corrected chi connectivity index (χ4v) is 9.08. The Bertz CT molecular complexity index is 2900. The highest BCUT2D eigenvalue weighted by Crippen LogP contribution is 2.35. The molecule has 0 spiro atoms. The molecule has 0 unspecified atom stereocenters. The van der Waals surface area contributed by atoms with Crippen LogP contribution in [0.4, 0.5) is 26.1 Å². The number of piperazine rings is 1. The number of ether oxygens (including phenoxy) is 1. The molecule has 1 atom stereocenters. The van der Waals surface area contributed by atoms with Gasteiger partial charge >= 0.3 is 10.2 Å². The van der Waals surface area contributed by atoms with Crippen LogP contribution in [0.2, 0.25) is 0 Å². The van der Waals surface area contributed by atoms with Crippen LogP contribution in [0.1, 0.15) is 49.7 Å². The number of likely N-dealkylation sites (tertiary alicyclic amines) is 1. The van der Waals surface area contributed by atoms with E-state index in [2.05, 4.69) is 35.2 Å². The van der Waals surface area contributed by atoms with E-state index in [0.717, 1.165) is 16.4 Å². The van der Waals surface area contributed by atoms with Crippen LogP contribution in [0.15, 0.2) is 72.0 Å². The molecule has 3 aliphatic rings. The van der Waals surface area contributed by atoms with Crippen LogP contribution in [0.5, 0.6) is 11.5 Å². The number of imide groups is 1. The molecule has 3 fully saturated rings. The van der Waals surface area contributed by atoms with Crippen LogP contribution in [0.3, 0.4) is 0 Å². The monoisotopic (exact) mass is 924 g/mol. The second-order valence-electron chi connectivity index (χ2n) is 16.2. The van der Waals surface area contributed by atoms with Crippen LogP contribution in [-0.2, 0) is 24.6 Å². The summed E-state index contributed by atoms with van der Waals surface area (Å²) in [6.45, 7) is 5.19. The lowest BCUT2D eigenvalue weighted by atomic mass is 9.89. The minimum atomic E-state index is -4.04. The summed E-state index contributed by atoms with van der Waals surface area (Å²) in [5.41, 5.74) is 0.612. The number of rotatable bonds is 13. The van der Waals surface area contributed by atoms with Crippen molar-refractivity contribution < 1.29 is 36.3 Å². The minimum absolute atomic E-state index is 0.00298. The van der Waals surface area contributed by atoms with Crippen molar-refractivity contribution in [3.05, 3.63) is 100 Å². The van der Waals surface area contributed by atoms with E-state index < -0.39 is 44.8 Å². The highest BCUT2D eigenvalue weighted by atomic mass is 32.2. The molecule has 3 aromatic carbocycles. The summed E-state index contributed by atoms with van der Waals surface area (Å²) in [4.78, 5) is 69.9. The average molecular weight is 925 g/mol. The molecule has 19 nitrogen and oxygen atoms in total. The number of aromatic nitrogens is 4. The van der Waals surface area contributed by atoms with Crippen molar-refractivity contribution in [2.24, 2.45) is 0 Å². The number of benzene rings is 3. The molecule has 3 amide bonds. The van der Waals surface area contributed by atoms with E-state index in [-0.39, 0.29) is 59.9 Å². The number of nitrogens with one attached hydrogen (secondary N) is 3. The lowest BCUT2D eigenvalue weighted by Gasteiger charge is -2.37. The van der Waals surface area contributed by atoms with Crippen molar-refractivity contribution in [1.29, 1.82) is 5.26 Å². The summed E-state index contributed by atoms with van der Waals surface area (Å²) >= 11 is 0. The number of carbonyl (C=O) groups excluding carboxylic acids is 3. The van der Waals surface area contributed by atoms with Crippen LogP contribution in [-0.4, -0.2) is 125 Å². The van der Waals surface area contributed by atoms with E-state index in [0.29, 0.717) is 86.9 Å². The van der Waals surface area contributed by atoms with Gasteiger partial charge in [-0.15, -0.1) is 0 Å². The predicted octanol–water partition coefficient (Wildman–Crippen LogP) is 3.47. The average Bonchev–Trinajstić information content (AvgIpc) is 3.31. The Labute approximate surface area is 378 Å². The zero-order valence-electron chi connectivity index (χ0n) is 36.0. The Morgan fingerprint density at radius 3 is 2.38 bits per heavy atom. The van der Waals surface area contributed by atoms with E-state index in [9.17, 15) is 32.9 Å². The second kappa shape index (κ2) is 19.2. The van der Waals surface area contributed by atoms with E-state index >= 15 is 8.78 Å². The topological polar surface area (TPSA) is 228 Å². The molecule has 5 heterocycles. The number of halogens is 2. The number of fused-ring (bicyclic) bond motifs is 1. The molecule has 5 aromatic rings. The molecule has 22 heteroatoms.